The molecule has 0 spiro atoms. The van der Waals surface area contributed by atoms with E-state index in [0.29, 0.717) is 17.3 Å². The average Bonchev–Trinajstić information content (AvgIpc) is 3.34. The van der Waals surface area contributed by atoms with Gasteiger partial charge in [0.25, 0.3) is 5.91 Å². The van der Waals surface area contributed by atoms with Crippen LogP contribution in [0.3, 0.4) is 0 Å². The first-order valence-corrected chi connectivity index (χ1v) is 16.6. The number of piperidine rings is 2. The summed E-state index contributed by atoms with van der Waals surface area (Å²) in [7, 11) is 1.65. The zero-order valence-corrected chi connectivity index (χ0v) is 27.8. The third-order valence-corrected chi connectivity index (χ3v) is 9.37. The maximum atomic E-state index is 12.9. The van der Waals surface area contributed by atoms with Gasteiger partial charge in [0.05, 0.1) is 5.56 Å². The maximum Gasteiger partial charge on any atom is 0.346 e. The molecule has 1 unspecified atom stereocenters. The summed E-state index contributed by atoms with van der Waals surface area (Å²) in [5.74, 6) is 0.0557. The molecule has 12 heteroatoms. The summed E-state index contributed by atoms with van der Waals surface area (Å²) >= 11 is 0. The lowest BCUT2D eigenvalue weighted by Gasteiger charge is -2.40. The van der Waals surface area contributed by atoms with E-state index in [2.05, 4.69) is 37.2 Å². The summed E-state index contributed by atoms with van der Waals surface area (Å²) in [5.41, 5.74) is 2.78. The third-order valence-electron chi connectivity index (χ3n) is 9.37. The fraction of sp³-hybridized carbons (Fsp3) is 0.514. The number of hydrogen-bond acceptors (Lipinski definition) is 9. The molecule has 47 heavy (non-hydrogen) atoms. The number of piperazine rings is 1. The van der Waals surface area contributed by atoms with Gasteiger partial charge in [0.2, 0.25) is 5.91 Å². The molecule has 1 atom stereocenters. The zero-order chi connectivity index (χ0) is 33.3. The van der Waals surface area contributed by atoms with Crippen molar-refractivity contribution in [1.29, 1.82) is 0 Å². The van der Waals surface area contributed by atoms with Crippen molar-refractivity contribution in [2.75, 3.05) is 55.6 Å². The van der Waals surface area contributed by atoms with Crippen molar-refractivity contribution < 1.29 is 19.1 Å². The number of nitrogens with one attached hydrogen (secondary N) is 1. The summed E-state index contributed by atoms with van der Waals surface area (Å²) in [6.07, 6.45) is 2.75. The van der Waals surface area contributed by atoms with Crippen LogP contribution in [0.2, 0.25) is 0 Å². The summed E-state index contributed by atoms with van der Waals surface area (Å²) in [4.78, 5) is 56.5. The van der Waals surface area contributed by atoms with Crippen molar-refractivity contribution in [3.05, 3.63) is 64.6 Å². The number of carbonyl (C=O) groups is 3. The van der Waals surface area contributed by atoms with E-state index in [9.17, 15) is 19.2 Å². The summed E-state index contributed by atoms with van der Waals surface area (Å²) < 4.78 is 8.13. The number of aromatic nitrogens is 3. The normalized spacial score (nSPS) is 20.0. The second-order valence-corrected chi connectivity index (χ2v) is 13.9. The van der Waals surface area contributed by atoms with Gasteiger partial charge < -0.3 is 14.5 Å². The second-order valence-electron chi connectivity index (χ2n) is 13.9. The predicted octanol–water partition coefficient (Wildman–Crippen LogP) is 3.22. The molecule has 6 rings (SSSR count). The van der Waals surface area contributed by atoms with Crippen LogP contribution in [-0.4, -0.2) is 88.4 Å². The topological polar surface area (TPSA) is 122 Å². The first kappa shape index (κ1) is 32.5. The van der Waals surface area contributed by atoms with E-state index in [-0.39, 0.29) is 30.4 Å². The van der Waals surface area contributed by atoms with E-state index in [4.69, 9.17) is 4.74 Å². The Kier molecular flexibility index (Phi) is 9.23. The highest BCUT2D eigenvalue weighted by Crippen LogP contribution is 2.27. The van der Waals surface area contributed by atoms with E-state index in [0.717, 1.165) is 75.6 Å². The number of esters is 1. The van der Waals surface area contributed by atoms with E-state index in [1.807, 2.05) is 57.2 Å². The van der Waals surface area contributed by atoms with Crippen LogP contribution >= 0.6 is 0 Å². The minimum atomic E-state index is -0.784. The molecule has 3 saturated heterocycles. The van der Waals surface area contributed by atoms with Crippen LogP contribution in [0.5, 0.6) is 0 Å². The Morgan fingerprint density at radius 2 is 1.45 bits per heavy atom. The van der Waals surface area contributed by atoms with Gasteiger partial charge in [-0.3, -0.25) is 24.4 Å². The SMILES string of the molecule is Cn1c(-c2ccc(N3CCN(CC4CCN(c5ccc(C(=O)OC(C)(C)C)cc5)CC4)CC3)cc2)nn(C2CCC(=O)NC2=O)c1=O. The molecule has 1 N–H and O–H groups in total. The van der Waals surface area contributed by atoms with Crippen molar-refractivity contribution in [1.82, 2.24) is 24.6 Å². The van der Waals surface area contributed by atoms with Crippen LogP contribution in [0.1, 0.15) is 62.9 Å². The second kappa shape index (κ2) is 13.3. The van der Waals surface area contributed by atoms with Crippen LogP contribution in [0.25, 0.3) is 11.4 Å². The quantitative estimate of drug-likeness (QED) is 0.306. The average molecular weight is 644 g/mol. The summed E-state index contributed by atoms with van der Waals surface area (Å²) in [5, 5.41) is 6.78. The Bertz CT molecular complexity index is 1660. The standard InChI is InChI=1S/C35H45N7O5/c1-35(2,3)47-33(45)26-7-11-27(12-8-26)40-17-15-24(16-18-40)23-39-19-21-41(22-20-39)28-9-5-25(6-10-28)31-37-42(34(46)38(31)4)29-13-14-30(43)36-32(29)44/h5-12,24,29H,13-23H2,1-4H3,(H,36,43,44). The number of imide groups is 1. The fourth-order valence-corrected chi connectivity index (χ4v) is 6.72. The summed E-state index contributed by atoms with van der Waals surface area (Å²) in [6, 6.07) is 15.1. The number of ether oxygens (including phenoxy) is 1. The highest BCUT2D eigenvalue weighted by Gasteiger charge is 2.32. The van der Waals surface area contributed by atoms with Crippen molar-refractivity contribution in [2.45, 2.75) is 58.1 Å². The minimum absolute atomic E-state index is 0.185. The first-order valence-electron chi connectivity index (χ1n) is 16.6. The molecule has 3 aliphatic rings. The zero-order valence-electron chi connectivity index (χ0n) is 27.8. The van der Waals surface area contributed by atoms with Crippen LogP contribution < -0.4 is 20.8 Å². The van der Waals surface area contributed by atoms with Crippen LogP contribution in [0.15, 0.2) is 53.3 Å². The van der Waals surface area contributed by atoms with Gasteiger partial charge in [0.1, 0.15) is 11.6 Å². The van der Waals surface area contributed by atoms with Gasteiger partial charge in [-0.05, 0) is 94.5 Å². The Labute approximate surface area is 275 Å². The molecule has 0 saturated carbocycles. The molecule has 1 aromatic heterocycles. The molecular weight excluding hydrogens is 598 g/mol. The fourth-order valence-electron chi connectivity index (χ4n) is 6.72. The number of amides is 2. The molecule has 0 radical (unpaired) electrons. The highest BCUT2D eigenvalue weighted by molar-refractivity contribution is 5.99. The number of benzene rings is 2. The molecule has 3 aliphatic heterocycles. The largest absolute Gasteiger partial charge is 0.456 e. The van der Waals surface area contributed by atoms with Gasteiger partial charge in [0, 0.05) is 76.2 Å². The molecule has 0 aliphatic carbocycles. The highest BCUT2D eigenvalue weighted by atomic mass is 16.6. The van der Waals surface area contributed by atoms with Gasteiger partial charge >= 0.3 is 11.7 Å². The van der Waals surface area contributed by atoms with E-state index in [1.165, 1.54) is 9.25 Å². The Morgan fingerprint density at radius 3 is 2.04 bits per heavy atom. The van der Waals surface area contributed by atoms with Gasteiger partial charge in [0.15, 0.2) is 5.82 Å². The lowest BCUT2D eigenvalue weighted by molar-refractivity contribution is -0.136. The lowest BCUT2D eigenvalue weighted by Crippen LogP contribution is -2.49. The molecule has 250 valence electrons. The van der Waals surface area contributed by atoms with Gasteiger partial charge in [-0.2, -0.15) is 0 Å². The van der Waals surface area contributed by atoms with Crippen molar-refractivity contribution in [2.24, 2.45) is 13.0 Å². The molecule has 2 amide bonds. The number of hydrogen-bond donors (Lipinski definition) is 1. The van der Waals surface area contributed by atoms with Crippen molar-refractivity contribution in [3.63, 3.8) is 0 Å². The maximum absolute atomic E-state index is 12.9. The van der Waals surface area contributed by atoms with Gasteiger partial charge in [-0.25, -0.2) is 14.3 Å². The molecular formula is C35H45N7O5. The molecule has 3 fully saturated rings. The summed E-state index contributed by atoms with van der Waals surface area (Å²) in [6.45, 7) is 12.7. The lowest BCUT2D eigenvalue weighted by atomic mass is 9.95. The molecule has 3 aromatic rings. The van der Waals surface area contributed by atoms with Crippen LogP contribution in [-0.2, 0) is 21.4 Å². The Hall–Kier alpha value is -4.45. The van der Waals surface area contributed by atoms with Crippen LogP contribution in [0.4, 0.5) is 11.4 Å². The first-order chi connectivity index (χ1) is 22.4. The van der Waals surface area contributed by atoms with Gasteiger partial charge in [-0.1, -0.05) is 0 Å². The number of rotatable bonds is 7. The van der Waals surface area contributed by atoms with E-state index < -0.39 is 17.6 Å². The van der Waals surface area contributed by atoms with Gasteiger partial charge in [-0.15, -0.1) is 5.10 Å². The Balaban J connectivity index is 0.973. The smallest absolute Gasteiger partial charge is 0.346 e. The van der Waals surface area contributed by atoms with Crippen molar-refractivity contribution in [3.8, 4) is 11.4 Å². The minimum Gasteiger partial charge on any atom is -0.456 e. The number of carbonyl (C=O) groups excluding carboxylic acids is 3. The Morgan fingerprint density at radius 1 is 0.851 bits per heavy atom. The molecule has 4 heterocycles. The molecule has 12 nitrogen and oxygen atoms in total. The predicted molar refractivity (Wildman–Crippen MR) is 180 cm³/mol. The monoisotopic (exact) mass is 643 g/mol. The van der Waals surface area contributed by atoms with E-state index in [1.54, 1.807) is 7.05 Å². The molecule has 0 bridgehead atoms. The number of nitrogens with zero attached hydrogens (tertiary/aromatic N) is 6. The number of anilines is 2. The molecule has 2 aromatic carbocycles. The third kappa shape index (κ3) is 7.43. The van der Waals surface area contributed by atoms with E-state index >= 15 is 0 Å². The van der Waals surface area contributed by atoms with Crippen LogP contribution in [0, 0.1) is 5.92 Å². The van der Waals surface area contributed by atoms with Crippen molar-refractivity contribution >= 4 is 29.2 Å².